The molecule has 0 radical (unpaired) electrons. The maximum atomic E-state index is 12.8. The lowest BCUT2D eigenvalue weighted by molar-refractivity contribution is 0.0902. The minimum atomic E-state index is -0.0220. The Balaban J connectivity index is 1.52. The summed E-state index contributed by atoms with van der Waals surface area (Å²) in [4.78, 5) is 28.7. The van der Waals surface area contributed by atoms with Crippen molar-refractivity contribution in [1.82, 2.24) is 20.3 Å². The molecular formula is C21H27N5O. The van der Waals surface area contributed by atoms with E-state index in [-0.39, 0.29) is 11.7 Å². The molecule has 2 aliphatic heterocycles. The van der Waals surface area contributed by atoms with Gasteiger partial charge in [-0.3, -0.25) is 9.78 Å². The van der Waals surface area contributed by atoms with Crippen LogP contribution in [-0.2, 0) is 0 Å². The number of carbonyl (C=O) groups is 1. The van der Waals surface area contributed by atoms with Crippen molar-refractivity contribution in [2.24, 2.45) is 5.92 Å². The molecule has 0 aromatic carbocycles. The van der Waals surface area contributed by atoms with E-state index in [1.165, 1.54) is 0 Å². The van der Waals surface area contributed by atoms with Gasteiger partial charge in [0.2, 0.25) is 0 Å². The molecule has 1 atom stereocenters. The van der Waals surface area contributed by atoms with Gasteiger partial charge in [-0.15, -0.1) is 0 Å². The monoisotopic (exact) mass is 365 g/mol. The number of hydrogen-bond donors (Lipinski definition) is 1. The number of pyridine rings is 1. The molecule has 27 heavy (non-hydrogen) atoms. The highest BCUT2D eigenvalue weighted by atomic mass is 16.1. The third-order valence-corrected chi connectivity index (χ3v) is 5.64. The largest absolute Gasteiger partial charge is 0.356 e. The van der Waals surface area contributed by atoms with E-state index in [2.05, 4.69) is 21.3 Å². The third-order valence-electron chi connectivity index (χ3n) is 5.64. The molecule has 0 aliphatic carbocycles. The van der Waals surface area contributed by atoms with Crippen LogP contribution in [0.1, 0.15) is 53.6 Å². The zero-order valence-electron chi connectivity index (χ0n) is 15.9. The van der Waals surface area contributed by atoms with Gasteiger partial charge in [0.1, 0.15) is 17.3 Å². The Morgan fingerprint density at radius 2 is 2.04 bits per heavy atom. The fourth-order valence-electron chi connectivity index (χ4n) is 4.18. The van der Waals surface area contributed by atoms with Crippen molar-refractivity contribution in [2.75, 3.05) is 31.1 Å². The van der Waals surface area contributed by atoms with Gasteiger partial charge in [0.15, 0.2) is 5.78 Å². The summed E-state index contributed by atoms with van der Waals surface area (Å²) >= 11 is 0. The van der Waals surface area contributed by atoms with Crippen molar-refractivity contribution in [3.05, 3.63) is 47.7 Å². The van der Waals surface area contributed by atoms with E-state index in [1.54, 1.807) is 6.20 Å². The van der Waals surface area contributed by atoms with E-state index in [0.29, 0.717) is 18.2 Å². The number of nitrogens with one attached hydrogen (secondary N) is 1. The summed E-state index contributed by atoms with van der Waals surface area (Å²) in [5.74, 6) is 2.41. The van der Waals surface area contributed by atoms with E-state index >= 15 is 0 Å². The molecule has 6 heteroatoms. The predicted octanol–water partition coefficient (Wildman–Crippen LogP) is 2.75. The van der Waals surface area contributed by atoms with Gasteiger partial charge in [-0.05, 0) is 57.8 Å². The quantitative estimate of drug-likeness (QED) is 0.840. The molecule has 0 unspecified atom stereocenters. The average Bonchev–Trinajstić information content (AvgIpc) is 2.74. The van der Waals surface area contributed by atoms with Crippen molar-refractivity contribution in [2.45, 2.75) is 38.5 Å². The molecule has 2 aromatic rings. The fourth-order valence-corrected chi connectivity index (χ4v) is 4.18. The van der Waals surface area contributed by atoms with E-state index in [0.717, 1.165) is 62.7 Å². The van der Waals surface area contributed by atoms with Crippen LogP contribution in [0.25, 0.3) is 0 Å². The summed E-state index contributed by atoms with van der Waals surface area (Å²) < 4.78 is 0. The Morgan fingerprint density at radius 1 is 1.19 bits per heavy atom. The molecule has 0 saturated carbocycles. The third kappa shape index (κ3) is 4.16. The van der Waals surface area contributed by atoms with Crippen LogP contribution in [0, 0.1) is 12.8 Å². The van der Waals surface area contributed by atoms with Gasteiger partial charge < -0.3 is 10.2 Å². The number of ketones is 1. The van der Waals surface area contributed by atoms with E-state index in [9.17, 15) is 4.79 Å². The molecule has 4 heterocycles. The summed E-state index contributed by atoms with van der Waals surface area (Å²) in [6.07, 6.45) is 5.84. The lowest BCUT2D eigenvalue weighted by Crippen LogP contribution is -2.39. The molecule has 0 spiro atoms. The molecule has 142 valence electrons. The Morgan fingerprint density at radius 3 is 2.81 bits per heavy atom. The van der Waals surface area contributed by atoms with Gasteiger partial charge in [0.25, 0.3) is 0 Å². The second kappa shape index (κ2) is 8.13. The van der Waals surface area contributed by atoms with Crippen LogP contribution in [0.3, 0.4) is 0 Å². The van der Waals surface area contributed by atoms with Crippen LogP contribution >= 0.6 is 0 Å². The number of Topliss-reactive ketones (excluding diaryl/α,β-unsaturated/α-hetero) is 1. The minimum absolute atomic E-state index is 0.0220. The summed E-state index contributed by atoms with van der Waals surface area (Å²) in [5, 5.41) is 3.41. The average molecular weight is 365 g/mol. The molecule has 6 nitrogen and oxygen atoms in total. The van der Waals surface area contributed by atoms with Crippen molar-refractivity contribution >= 4 is 11.6 Å². The molecule has 4 rings (SSSR count). The Kier molecular flexibility index (Phi) is 5.43. The van der Waals surface area contributed by atoms with Crippen LogP contribution in [-0.4, -0.2) is 46.9 Å². The minimum Gasteiger partial charge on any atom is -0.356 e. The van der Waals surface area contributed by atoms with Crippen LogP contribution in [0.2, 0.25) is 0 Å². The SMILES string of the molecule is Cc1nc(C2CCNCC2)cc(N2CCC[C@H](C(=O)c3ccccn3)C2)n1. The Bertz CT molecular complexity index is 788. The van der Waals surface area contributed by atoms with Crippen LogP contribution < -0.4 is 10.2 Å². The first kappa shape index (κ1) is 18.0. The lowest BCUT2D eigenvalue weighted by atomic mass is 9.91. The first-order valence-corrected chi connectivity index (χ1v) is 9.97. The summed E-state index contributed by atoms with van der Waals surface area (Å²) in [6.45, 7) is 5.71. The highest BCUT2D eigenvalue weighted by Crippen LogP contribution is 2.29. The second-order valence-corrected chi connectivity index (χ2v) is 7.59. The lowest BCUT2D eigenvalue weighted by Gasteiger charge is -2.33. The van der Waals surface area contributed by atoms with Gasteiger partial charge in [-0.25, -0.2) is 9.97 Å². The first-order chi connectivity index (χ1) is 13.2. The molecule has 0 bridgehead atoms. The van der Waals surface area contributed by atoms with Gasteiger partial charge in [0.05, 0.1) is 0 Å². The molecule has 2 fully saturated rings. The van der Waals surface area contributed by atoms with E-state index in [1.807, 2.05) is 25.1 Å². The molecule has 2 aromatic heterocycles. The van der Waals surface area contributed by atoms with Crippen molar-refractivity contribution in [1.29, 1.82) is 0 Å². The van der Waals surface area contributed by atoms with Crippen molar-refractivity contribution in [3.8, 4) is 0 Å². The highest BCUT2D eigenvalue weighted by Gasteiger charge is 2.28. The van der Waals surface area contributed by atoms with Gasteiger partial charge in [-0.1, -0.05) is 6.07 Å². The first-order valence-electron chi connectivity index (χ1n) is 9.97. The molecule has 2 aliphatic rings. The zero-order chi connectivity index (χ0) is 18.6. The van der Waals surface area contributed by atoms with Gasteiger partial charge >= 0.3 is 0 Å². The number of anilines is 1. The molecule has 1 N–H and O–H groups in total. The standard InChI is InChI=1S/C21H27N5O/c1-15-24-19(16-7-10-22-11-8-16)13-20(25-15)26-12-4-5-17(14-26)21(27)18-6-2-3-9-23-18/h2-3,6,9,13,16-17,22H,4-5,7-8,10-12,14H2,1H3/t17-/m0/s1. The Labute approximate surface area is 160 Å². The van der Waals surface area contributed by atoms with Crippen LogP contribution in [0.4, 0.5) is 5.82 Å². The highest BCUT2D eigenvalue weighted by molar-refractivity contribution is 5.96. The van der Waals surface area contributed by atoms with Crippen molar-refractivity contribution in [3.63, 3.8) is 0 Å². The van der Waals surface area contributed by atoms with E-state index < -0.39 is 0 Å². The fraction of sp³-hybridized carbons (Fsp3) is 0.524. The number of piperidine rings is 2. The van der Waals surface area contributed by atoms with Crippen molar-refractivity contribution < 1.29 is 4.79 Å². The van der Waals surface area contributed by atoms with Gasteiger partial charge in [-0.2, -0.15) is 0 Å². The number of nitrogens with zero attached hydrogens (tertiary/aromatic N) is 4. The summed E-state index contributed by atoms with van der Waals surface area (Å²) in [6, 6.07) is 7.68. The summed E-state index contributed by atoms with van der Waals surface area (Å²) in [7, 11) is 0. The number of hydrogen-bond acceptors (Lipinski definition) is 6. The number of aromatic nitrogens is 3. The smallest absolute Gasteiger partial charge is 0.185 e. The summed E-state index contributed by atoms with van der Waals surface area (Å²) in [5.41, 5.74) is 1.72. The number of carbonyl (C=O) groups excluding carboxylic acids is 1. The Hall–Kier alpha value is -2.34. The normalized spacial score (nSPS) is 21.2. The predicted molar refractivity (Wildman–Crippen MR) is 105 cm³/mol. The topological polar surface area (TPSA) is 71.0 Å². The maximum absolute atomic E-state index is 12.8. The van der Waals surface area contributed by atoms with Gasteiger partial charge in [0, 0.05) is 42.9 Å². The number of rotatable bonds is 4. The molecular weight excluding hydrogens is 338 g/mol. The van der Waals surface area contributed by atoms with Crippen LogP contribution in [0.15, 0.2) is 30.5 Å². The number of aryl methyl sites for hydroxylation is 1. The maximum Gasteiger partial charge on any atom is 0.185 e. The zero-order valence-corrected chi connectivity index (χ0v) is 15.9. The molecule has 0 amide bonds. The van der Waals surface area contributed by atoms with E-state index in [4.69, 9.17) is 9.97 Å². The van der Waals surface area contributed by atoms with Crippen LogP contribution in [0.5, 0.6) is 0 Å². The second-order valence-electron chi connectivity index (χ2n) is 7.59. The molecule has 2 saturated heterocycles.